The van der Waals surface area contributed by atoms with E-state index < -0.39 is 23.6 Å². The maximum atomic E-state index is 12.6. The molecule has 0 bridgehead atoms. The Hall–Kier alpha value is -3.66. The third kappa shape index (κ3) is 3.44. The molecule has 2 aromatic rings. The highest BCUT2D eigenvalue weighted by Crippen LogP contribution is 2.49. The van der Waals surface area contributed by atoms with E-state index in [1.165, 1.54) is 59.8 Å². The molecule has 0 aromatic heterocycles. The number of esters is 1. The van der Waals surface area contributed by atoms with Gasteiger partial charge in [-0.1, -0.05) is 0 Å². The lowest BCUT2D eigenvalue weighted by molar-refractivity contribution is -0.211. The summed E-state index contributed by atoms with van der Waals surface area (Å²) >= 11 is 0. The van der Waals surface area contributed by atoms with E-state index >= 15 is 0 Å². The molecule has 166 valence electrons. The zero-order valence-corrected chi connectivity index (χ0v) is 17.5. The van der Waals surface area contributed by atoms with Crippen LogP contribution in [0.15, 0.2) is 24.3 Å². The van der Waals surface area contributed by atoms with E-state index in [1.54, 1.807) is 0 Å². The number of benzene rings is 2. The van der Waals surface area contributed by atoms with Crippen molar-refractivity contribution in [3.05, 3.63) is 41.0 Å². The standard InChI is InChI=1S/C21H22O10/c1-26-13-8-11-12(9-14(13)27-2)19(22)31-21(25,20(23)24)17(11)10-6-15(28-3)18(30-5)16(7-10)29-4/h6-9,17,25H,1-5H3,(H,23,24). The van der Waals surface area contributed by atoms with Crippen LogP contribution in [0.25, 0.3) is 0 Å². The minimum Gasteiger partial charge on any atom is -0.493 e. The van der Waals surface area contributed by atoms with Crippen LogP contribution >= 0.6 is 0 Å². The Labute approximate surface area is 177 Å². The summed E-state index contributed by atoms with van der Waals surface area (Å²) in [5.74, 6) is -5.84. The van der Waals surface area contributed by atoms with Gasteiger partial charge in [0.05, 0.1) is 47.0 Å². The van der Waals surface area contributed by atoms with Crippen LogP contribution in [-0.4, -0.2) is 63.5 Å². The smallest absolute Gasteiger partial charge is 0.378 e. The van der Waals surface area contributed by atoms with Crippen LogP contribution in [-0.2, 0) is 9.53 Å². The molecule has 0 saturated carbocycles. The summed E-state index contributed by atoms with van der Waals surface area (Å²) in [5.41, 5.74) is 0.413. The molecule has 10 heteroatoms. The van der Waals surface area contributed by atoms with Crippen LogP contribution in [0.5, 0.6) is 28.7 Å². The fourth-order valence-electron chi connectivity index (χ4n) is 3.62. The van der Waals surface area contributed by atoms with Gasteiger partial charge in [-0.2, -0.15) is 0 Å². The van der Waals surface area contributed by atoms with Crippen LogP contribution in [0.2, 0.25) is 0 Å². The summed E-state index contributed by atoms with van der Waals surface area (Å²) in [5, 5.41) is 20.8. The number of aliphatic hydroxyl groups is 1. The first kappa shape index (κ1) is 22.0. The van der Waals surface area contributed by atoms with Gasteiger partial charge in [0.2, 0.25) is 5.75 Å². The molecule has 2 atom stereocenters. The molecule has 0 amide bonds. The number of rotatable bonds is 7. The van der Waals surface area contributed by atoms with E-state index in [2.05, 4.69) is 0 Å². The Bertz CT molecular complexity index is 1010. The van der Waals surface area contributed by atoms with E-state index in [4.69, 9.17) is 28.4 Å². The highest BCUT2D eigenvalue weighted by molar-refractivity contribution is 5.97. The lowest BCUT2D eigenvalue weighted by atomic mass is 9.79. The lowest BCUT2D eigenvalue weighted by Crippen LogP contribution is -2.52. The Kier molecular flexibility index (Phi) is 5.85. The SMILES string of the molecule is COc1cc2c(cc1OC)C(c1cc(OC)c(OC)c(OC)c1)C(O)(C(=O)O)OC2=O. The first-order chi connectivity index (χ1) is 14.7. The summed E-state index contributed by atoms with van der Waals surface area (Å²) in [6, 6.07) is 5.73. The van der Waals surface area contributed by atoms with Gasteiger partial charge in [0.15, 0.2) is 23.0 Å². The van der Waals surface area contributed by atoms with Crippen molar-refractivity contribution in [3.63, 3.8) is 0 Å². The van der Waals surface area contributed by atoms with E-state index in [0.717, 1.165) is 0 Å². The van der Waals surface area contributed by atoms with E-state index in [0.29, 0.717) is 0 Å². The molecule has 0 aliphatic carbocycles. The monoisotopic (exact) mass is 434 g/mol. The van der Waals surface area contributed by atoms with Gasteiger partial charge in [0.1, 0.15) is 0 Å². The number of hydrogen-bond acceptors (Lipinski definition) is 9. The summed E-state index contributed by atoms with van der Waals surface area (Å²) in [7, 11) is 6.99. The number of carbonyl (C=O) groups is 2. The zero-order chi connectivity index (χ0) is 22.9. The van der Waals surface area contributed by atoms with Crippen molar-refractivity contribution in [2.75, 3.05) is 35.5 Å². The predicted molar refractivity (Wildman–Crippen MR) is 105 cm³/mol. The van der Waals surface area contributed by atoms with Crippen LogP contribution in [0, 0.1) is 0 Å². The second-order valence-electron chi connectivity index (χ2n) is 6.58. The number of hydrogen-bond donors (Lipinski definition) is 2. The Morgan fingerprint density at radius 3 is 1.84 bits per heavy atom. The number of carbonyl (C=O) groups excluding carboxylic acids is 1. The zero-order valence-electron chi connectivity index (χ0n) is 17.5. The molecule has 1 aliphatic rings. The molecule has 2 aromatic carbocycles. The van der Waals surface area contributed by atoms with Gasteiger partial charge < -0.3 is 38.6 Å². The van der Waals surface area contributed by atoms with Gasteiger partial charge in [0.25, 0.3) is 0 Å². The highest BCUT2D eigenvalue weighted by Gasteiger charge is 2.55. The second-order valence-corrected chi connectivity index (χ2v) is 6.58. The van der Waals surface area contributed by atoms with Crippen LogP contribution in [0.1, 0.15) is 27.4 Å². The number of ether oxygens (including phenoxy) is 6. The van der Waals surface area contributed by atoms with Crippen molar-refractivity contribution >= 4 is 11.9 Å². The quantitative estimate of drug-likeness (QED) is 0.622. The maximum absolute atomic E-state index is 12.6. The number of carboxylic acid groups (broad SMARTS) is 1. The minimum absolute atomic E-state index is 0.0160. The molecule has 2 unspecified atom stereocenters. The van der Waals surface area contributed by atoms with Crippen LogP contribution in [0.3, 0.4) is 0 Å². The van der Waals surface area contributed by atoms with Crippen molar-refractivity contribution in [1.29, 1.82) is 0 Å². The van der Waals surface area contributed by atoms with Crippen LogP contribution in [0.4, 0.5) is 0 Å². The first-order valence-corrected chi connectivity index (χ1v) is 9.00. The average Bonchev–Trinajstić information content (AvgIpc) is 2.77. The summed E-state index contributed by atoms with van der Waals surface area (Å²) < 4.78 is 31.5. The molecule has 2 N–H and O–H groups in total. The van der Waals surface area contributed by atoms with E-state index in [9.17, 15) is 19.8 Å². The van der Waals surface area contributed by atoms with Crippen molar-refractivity contribution in [2.24, 2.45) is 0 Å². The molecule has 31 heavy (non-hydrogen) atoms. The van der Waals surface area contributed by atoms with Gasteiger partial charge in [-0.05, 0) is 35.4 Å². The van der Waals surface area contributed by atoms with Crippen molar-refractivity contribution in [2.45, 2.75) is 11.7 Å². The first-order valence-electron chi connectivity index (χ1n) is 9.00. The molecule has 1 aliphatic heterocycles. The van der Waals surface area contributed by atoms with Gasteiger partial charge in [-0.15, -0.1) is 0 Å². The van der Waals surface area contributed by atoms with Crippen molar-refractivity contribution < 1.29 is 48.2 Å². The summed E-state index contributed by atoms with van der Waals surface area (Å²) in [6.45, 7) is 0. The largest absolute Gasteiger partial charge is 0.493 e. The summed E-state index contributed by atoms with van der Waals surface area (Å²) in [6.07, 6.45) is 0. The van der Waals surface area contributed by atoms with Gasteiger partial charge in [-0.25, -0.2) is 9.59 Å². The Morgan fingerprint density at radius 2 is 1.39 bits per heavy atom. The third-order valence-electron chi connectivity index (χ3n) is 5.05. The van der Waals surface area contributed by atoms with Crippen molar-refractivity contribution in [1.82, 2.24) is 0 Å². The highest BCUT2D eigenvalue weighted by atomic mass is 16.7. The van der Waals surface area contributed by atoms with Crippen LogP contribution < -0.4 is 23.7 Å². The number of carboxylic acids is 1. The number of cyclic esters (lactones) is 1. The predicted octanol–water partition coefficient (Wildman–Crippen LogP) is 1.81. The molecule has 3 rings (SSSR count). The minimum atomic E-state index is -2.91. The number of methoxy groups -OCH3 is 5. The number of fused-ring (bicyclic) bond motifs is 1. The average molecular weight is 434 g/mol. The fourth-order valence-corrected chi connectivity index (χ4v) is 3.62. The summed E-state index contributed by atoms with van der Waals surface area (Å²) in [4.78, 5) is 24.6. The second kappa shape index (κ2) is 8.23. The van der Waals surface area contributed by atoms with Gasteiger partial charge >= 0.3 is 17.7 Å². The molecular weight excluding hydrogens is 412 g/mol. The molecule has 0 fully saturated rings. The Balaban J connectivity index is 2.37. The van der Waals surface area contributed by atoms with Gasteiger partial charge in [0, 0.05) is 0 Å². The fraction of sp³-hybridized carbons (Fsp3) is 0.333. The van der Waals surface area contributed by atoms with E-state index in [-0.39, 0.29) is 45.4 Å². The number of aliphatic carboxylic acids is 1. The molecule has 0 saturated heterocycles. The Morgan fingerprint density at radius 1 is 0.871 bits per heavy atom. The molecule has 10 nitrogen and oxygen atoms in total. The molecule has 0 spiro atoms. The molecular formula is C21H22O10. The lowest BCUT2D eigenvalue weighted by Gasteiger charge is -2.37. The maximum Gasteiger partial charge on any atom is 0.378 e. The third-order valence-corrected chi connectivity index (χ3v) is 5.05. The topological polar surface area (TPSA) is 130 Å². The normalized spacial score (nSPS) is 19.7. The van der Waals surface area contributed by atoms with Crippen molar-refractivity contribution in [3.8, 4) is 28.7 Å². The van der Waals surface area contributed by atoms with Gasteiger partial charge in [-0.3, -0.25) is 0 Å². The van der Waals surface area contributed by atoms with E-state index in [1.807, 2.05) is 0 Å². The molecule has 1 heterocycles. The molecule has 0 radical (unpaired) electrons.